The summed E-state index contributed by atoms with van der Waals surface area (Å²) < 4.78 is 0. The highest BCUT2D eigenvalue weighted by Gasteiger charge is 2.44. The van der Waals surface area contributed by atoms with Crippen LogP contribution in [-0.2, 0) is 11.2 Å². The number of rotatable bonds is 2. The Morgan fingerprint density at radius 3 is 2.95 bits per heavy atom. The Hall–Kier alpha value is -1.61. The van der Waals surface area contributed by atoms with Crippen LogP contribution in [0.25, 0.3) is 10.9 Å². The number of para-hydroxylation sites is 1. The molecule has 1 N–H and O–H groups in total. The Morgan fingerprint density at radius 2 is 2.18 bits per heavy atom. The molecule has 3 nitrogen and oxygen atoms in total. The zero-order valence-electron chi connectivity index (χ0n) is 13.5. The first-order chi connectivity index (χ1) is 10.6. The summed E-state index contributed by atoms with van der Waals surface area (Å²) in [7, 11) is 0. The first-order valence-electron chi connectivity index (χ1n) is 8.49. The van der Waals surface area contributed by atoms with E-state index in [0.29, 0.717) is 11.8 Å². The molecule has 0 radical (unpaired) electrons. The molecule has 1 fully saturated rings. The first kappa shape index (κ1) is 14.0. The van der Waals surface area contributed by atoms with Gasteiger partial charge in [0.15, 0.2) is 0 Å². The van der Waals surface area contributed by atoms with Gasteiger partial charge in [-0.1, -0.05) is 25.1 Å². The normalized spacial score (nSPS) is 28.4. The number of aromatic amines is 1. The average Bonchev–Trinajstić information content (AvgIpc) is 2.93. The number of nitrogens with zero attached hydrogens (tertiary/aromatic N) is 1. The van der Waals surface area contributed by atoms with E-state index in [4.69, 9.17) is 0 Å². The van der Waals surface area contributed by atoms with Crippen molar-refractivity contribution < 1.29 is 4.79 Å². The van der Waals surface area contributed by atoms with Crippen molar-refractivity contribution in [1.29, 1.82) is 0 Å². The summed E-state index contributed by atoms with van der Waals surface area (Å²) in [5.74, 6) is 0.373. The van der Waals surface area contributed by atoms with Gasteiger partial charge in [-0.05, 0) is 50.8 Å². The Labute approximate surface area is 131 Å². The molecule has 1 aromatic heterocycles. The minimum absolute atomic E-state index is 0.118. The van der Waals surface area contributed by atoms with Crippen molar-refractivity contribution in [3.05, 3.63) is 35.5 Å². The second kappa shape index (κ2) is 4.95. The standard InChI is InChI=1S/C19H24N2O/c1-3-19(13(2)22)9-11-21-10-8-15-14-6-4-5-7-16(14)20-18(15)17(21)12-19/h4-7,17,20H,3,8-12H2,1-2H3/t17-,19+/m0/s1. The first-order valence-corrected chi connectivity index (χ1v) is 8.49. The molecule has 2 aliphatic rings. The average molecular weight is 296 g/mol. The van der Waals surface area contributed by atoms with Gasteiger partial charge in [0.1, 0.15) is 5.78 Å². The predicted molar refractivity (Wildman–Crippen MR) is 89.0 cm³/mol. The zero-order chi connectivity index (χ0) is 15.3. The molecule has 0 aliphatic carbocycles. The number of H-pyrrole nitrogens is 1. The molecular weight excluding hydrogens is 272 g/mol. The molecule has 0 amide bonds. The maximum absolute atomic E-state index is 12.3. The summed E-state index contributed by atoms with van der Waals surface area (Å²) in [6, 6.07) is 8.98. The van der Waals surface area contributed by atoms with Crippen LogP contribution in [-0.4, -0.2) is 28.8 Å². The van der Waals surface area contributed by atoms with E-state index in [9.17, 15) is 4.79 Å². The molecule has 3 heteroatoms. The van der Waals surface area contributed by atoms with Crippen LogP contribution in [0.15, 0.2) is 24.3 Å². The molecule has 2 aromatic rings. The topological polar surface area (TPSA) is 36.1 Å². The quantitative estimate of drug-likeness (QED) is 0.914. The van der Waals surface area contributed by atoms with Crippen molar-refractivity contribution in [2.75, 3.05) is 13.1 Å². The third-order valence-electron chi connectivity index (χ3n) is 6.15. The van der Waals surface area contributed by atoms with Crippen LogP contribution in [0.4, 0.5) is 0 Å². The zero-order valence-corrected chi connectivity index (χ0v) is 13.5. The Balaban J connectivity index is 1.80. The van der Waals surface area contributed by atoms with Crippen molar-refractivity contribution in [2.45, 2.75) is 45.6 Å². The molecule has 1 aromatic carbocycles. The Morgan fingerprint density at radius 1 is 1.36 bits per heavy atom. The van der Waals surface area contributed by atoms with E-state index >= 15 is 0 Å². The van der Waals surface area contributed by atoms with Gasteiger partial charge in [-0.3, -0.25) is 9.69 Å². The molecule has 22 heavy (non-hydrogen) atoms. The van der Waals surface area contributed by atoms with Crippen LogP contribution in [0.1, 0.15) is 50.4 Å². The Bertz CT molecular complexity index is 732. The predicted octanol–water partition coefficient (Wildman–Crippen LogP) is 3.85. The largest absolute Gasteiger partial charge is 0.357 e. The van der Waals surface area contributed by atoms with Gasteiger partial charge in [0, 0.05) is 28.6 Å². The lowest BCUT2D eigenvalue weighted by atomic mass is 9.69. The summed E-state index contributed by atoms with van der Waals surface area (Å²) in [5, 5.41) is 1.37. The number of Topliss-reactive ketones (excluding diaryl/α,β-unsaturated/α-hetero) is 1. The minimum Gasteiger partial charge on any atom is -0.357 e. The van der Waals surface area contributed by atoms with Gasteiger partial charge >= 0.3 is 0 Å². The number of nitrogens with one attached hydrogen (secondary N) is 1. The number of hydrogen-bond donors (Lipinski definition) is 1. The van der Waals surface area contributed by atoms with Crippen LogP contribution in [0.3, 0.4) is 0 Å². The highest BCUT2D eigenvalue weighted by molar-refractivity contribution is 5.85. The van der Waals surface area contributed by atoms with Gasteiger partial charge in [-0.15, -0.1) is 0 Å². The molecule has 4 rings (SSSR count). The highest BCUT2D eigenvalue weighted by atomic mass is 16.1. The van der Waals surface area contributed by atoms with Crippen molar-refractivity contribution in [3.8, 4) is 0 Å². The number of aromatic nitrogens is 1. The lowest BCUT2D eigenvalue weighted by Gasteiger charge is -2.47. The number of fused-ring (bicyclic) bond motifs is 5. The van der Waals surface area contributed by atoms with Crippen LogP contribution in [0, 0.1) is 5.41 Å². The summed E-state index contributed by atoms with van der Waals surface area (Å²) in [6.45, 7) is 6.13. The van der Waals surface area contributed by atoms with E-state index in [-0.39, 0.29) is 5.41 Å². The van der Waals surface area contributed by atoms with E-state index < -0.39 is 0 Å². The number of ketones is 1. The monoisotopic (exact) mass is 296 g/mol. The Kier molecular flexibility index (Phi) is 3.15. The minimum atomic E-state index is -0.118. The number of carbonyl (C=O) groups is 1. The molecule has 2 aliphatic heterocycles. The molecule has 3 heterocycles. The van der Waals surface area contributed by atoms with Crippen LogP contribution in [0.2, 0.25) is 0 Å². The van der Waals surface area contributed by atoms with Gasteiger partial charge in [0.25, 0.3) is 0 Å². The van der Waals surface area contributed by atoms with E-state index in [1.807, 2.05) is 0 Å². The van der Waals surface area contributed by atoms with Crippen LogP contribution in [0.5, 0.6) is 0 Å². The third kappa shape index (κ3) is 1.88. The van der Waals surface area contributed by atoms with Crippen LogP contribution < -0.4 is 0 Å². The van der Waals surface area contributed by atoms with Gasteiger partial charge in [-0.2, -0.15) is 0 Å². The molecular formula is C19H24N2O. The lowest BCUT2D eigenvalue weighted by molar-refractivity contribution is -0.131. The van der Waals surface area contributed by atoms with Crippen molar-refractivity contribution in [2.24, 2.45) is 5.41 Å². The molecule has 1 saturated heterocycles. The van der Waals surface area contributed by atoms with Gasteiger partial charge in [-0.25, -0.2) is 0 Å². The fourth-order valence-electron chi connectivity index (χ4n) is 4.59. The third-order valence-corrected chi connectivity index (χ3v) is 6.15. The smallest absolute Gasteiger partial charge is 0.136 e. The second-order valence-corrected chi connectivity index (χ2v) is 7.01. The second-order valence-electron chi connectivity index (χ2n) is 7.01. The number of carbonyl (C=O) groups excluding carboxylic acids is 1. The number of hydrogen-bond acceptors (Lipinski definition) is 2. The summed E-state index contributed by atoms with van der Waals surface area (Å²) >= 11 is 0. The summed E-state index contributed by atoms with van der Waals surface area (Å²) in [5.41, 5.74) is 3.97. The van der Waals surface area contributed by atoms with Crippen molar-refractivity contribution >= 4 is 16.7 Å². The molecule has 0 spiro atoms. The van der Waals surface area contributed by atoms with Gasteiger partial charge in [0.2, 0.25) is 0 Å². The fourth-order valence-corrected chi connectivity index (χ4v) is 4.59. The summed E-state index contributed by atoms with van der Waals surface area (Å²) in [4.78, 5) is 18.5. The van der Waals surface area contributed by atoms with E-state index in [1.54, 1.807) is 6.92 Å². The van der Waals surface area contributed by atoms with E-state index in [2.05, 4.69) is 41.1 Å². The molecule has 0 bridgehead atoms. The van der Waals surface area contributed by atoms with Gasteiger partial charge in [0.05, 0.1) is 6.04 Å². The molecule has 2 atom stereocenters. The lowest BCUT2D eigenvalue weighted by Crippen LogP contribution is -2.47. The maximum Gasteiger partial charge on any atom is 0.136 e. The van der Waals surface area contributed by atoms with Crippen molar-refractivity contribution in [1.82, 2.24) is 9.88 Å². The maximum atomic E-state index is 12.3. The number of piperidine rings is 1. The molecule has 0 unspecified atom stereocenters. The molecule has 116 valence electrons. The summed E-state index contributed by atoms with van der Waals surface area (Å²) in [6.07, 6.45) is 4.07. The highest BCUT2D eigenvalue weighted by Crippen LogP contribution is 2.47. The number of benzene rings is 1. The molecule has 0 saturated carbocycles. The SMILES string of the molecule is CC[C@@]1(C(C)=O)CCN2CCc3c([nH]c4ccccc34)[C@@H]2C1. The van der Waals surface area contributed by atoms with Crippen molar-refractivity contribution in [3.63, 3.8) is 0 Å². The van der Waals surface area contributed by atoms with E-state index in [0.717, 1.165) is 38.8 Å². The van der Waals surface area contributed by atoms with Crippen LogP contribution >= 0.6 is 0 Å². The fraction of sp³-hybridized carbons (Fsp3) is 0.526. The van der Waals surface area contributed by atoms with Gasteiger partial charge < -0.3 is 4.98 Å². The van der Waals surface area contributed by atoms with E-state index in [1.165, 1.54) is 22.2 Å².